The predicted octanol–water partition coefficient (Wildman–Crippen LogP) is 3.09. The normalized spacial score (nSPS) is 23.8. The highest BCUT2D eigenvalue weighted by atomic mass is 32.1. The number of thiazole rings is 1. The molecule has 0 aliphatic carbocycles. The van der Waals surface area contributed by atoms with E-state index in [1.807, 2.05) is 42.2 Å². The first-order valence-electron chi connectivity index (χ1n) is 8.29. The predicted molar refractivity (Wildman–Crippen MR) is 92.8 cm³/mol. The van der Waals surface area contributed by atoms with Crippen LogP contribution in [0, 0.1) is 6.92 Å². The smallest absolute Gasteiger partial charge is 0.266 e. The van der Waals surface area contributed by atoms with Gasteiger partial charge in [-0.2, -0.15) is 0 Å². The third-order valence-corrected chi connectivity index (χ3v) is 5.74. The summed E-state index contributed by atoms with van der Waals surface area (Å²) in [5, 5.41) is 4.58. The Morgan fingerprint density at radius 1 is 1.22 bits per heavy atom. The van der Waals surface area contributed by atoms with Gasteiger partial charge in [-0.05, 0) is 26.2 Å². The largest absolute Gasteiger partial charge is 0.336 e. The summed E-state index contributed by atoms with van der Waals surface area (Å²) in [6, 6.07) is 11.1. The van der Waals surface area contributed by atoms with Gasteiger partial charge in [0.15, 0.2) is 0 Å². The molecule has 2 atom stereocenters. The third-order valence-electron chi connectivity index (χ3n) is 4.79. The summed E-state index contributed by atoms with van der Waals surface area (Å²) in [7, 11) is 0. The second-order valence-corrected chi connectivity index (χ2v) is 7.66. The molecule has 3 heterocycles. The number of aromatic nitrogens is 1. The quantitative estimate of drug-likeness (QED) is 0.922. The number of rotatable bonds is 2. The highest BCUT2D eigenvalue weighted by Gasteiger charge is 2.33. The summed E-state index contributed by atoms with van der Waals surface area (Å²) in [6.07, 6.45) is 3.49. The minimum atomic E-state index is 0.142. The van der Waals surface area contributed by atoms with E-state index in [1.54, 1.807) is 0 Å². The van der Waals surface area contributed by atoms with Gasteiger partial charge in [-0.3, -0.25) is 4.79 Å². The molecule has 2 fully saturated rings. The number of carbonyl (C=O) groups is 1. The van der Waals surface area contributed by atoms with Crippen LogP contribution in [0.4, 0.5) is 0 Å². The average Bonchev–Trinajstić information content (AvgIpc) is 3.10. The Balaban J connectivity index is 1.64. The van der Waals surface area contributed by atoms with Gasteiger partial charge in [0.2, 0.25) is 0 Å². The van der Waals surface area contributed by atoms with Crippen LogP contribution in [-0.4, -0.2) is 41.0 Å². The standard InChI is InChI=1S/C18H21N3OS/c1-12-19-16(13-5-3-2-4-6-13)17(23-12)18(22)21-10-9-14-7-8-15(11-21)20-14/h2-6,14-15,20H,7-11H2,1H3. The molecule has 23 heavy (non-hydrogen) atoms. The van der Waals surface area contributed by atoms with Gasteiger partial charge in [-0.25, -0.2) is 4.98 Å². The molecule has 2 aliphatic rings. The van der Waals surface area contributed by atoms with Gasteiger partial charge in [0.25, 0.3) is 5.91 Å². The molecule has 1 aromatic heterocycles. The maximum absolute atomic E-state index is 13.1. The van der Waals surface area contributed by atoms with Crippen LogP contribution in [0.1, 0.15) is 33.9 Å². The van der Waals surface area contributed by atoms with Crippen molar-refractivity contribution in [1.82, 2.24) is 15.2 Å². The lowest BCUT2D eigenvalue weighted by Gasteiger charge is -2.24. The van der Waals surface area contributed by atoms with Gasteiger partial charge in [0.05, 0.1) is 10.7 Å². The van der Waals surface area contributed by atoms with Crippen LogP contribution < -0.4 is 5.32 Å². The molecule has 0 saturated carbocycles. The molecule has 4 nitrogen and oxygen atoms in total. The number of aryl methyl sites for hydroxylation is 1. The van der Waals surface area contributed by atoms with Crippen LogP contribution in [0.3, 0.4) is 0 Å². The van der Waals surface area contributed by atoms with Crippen molar-refractivity contribution in [1.29, 1.82) is 0 Å². The van der Waals surface area contributed by atoms with Crippen molar-refractivity contribution in [2.24, 2.45) is 0 Å². The summed E-state index contributed by atoms with van der Waals surface area (Å²) in [5.74, 6) is 0.142. The van der Waals surface area contributed by atoms with Crippen molar-refractivity contribution < 1.29 is 4.79 Å². The Morgan fingerprint density at radius 2 is 2.00 bits per heavy atom. The fourth-order valence-corrected chi connectivity index (χ4v) is 4.54. The van der Waals surface area contributed by atoms with Crippen LogP contribution in [0.2, 0.25) is 0 Å². The molecule has 1 N–H and O–H groups in total. The number of likely N-dealkylation sites (tertiary alicyclic amines) is 1. The molecular formula is C18H21N3OS. The third kappa shape index (κ3) is 2.91. The second-order valence-electron chi connectivity index (χ2n) is 6.45. The molecule has 4 rings (SSSR count). The summed E-state index contributed by atoms with van der Waals surface area (Å²) >= 11 is 1.52. The van der Waals surface area contributed by atoms with E-state index in [1.165, 1.54) is 24.2 Å². The highest BCUT2D eigenvalue weighted by Crippen LogP contribution is 2.30. The van der Waals surface area contributed by atoms with Crippen LogP contribution in [0.25, 0.3) is 11.3 Å². The summed E-state index contributed by atoms with van der Waals surface area (Å²) in [4.78, 5) is 20.5. The Bertz CT molecular complexity index is 712. The first kappa shape index (κ1) is 14.8. The topological polar surface area (TPSA) is 45.2 Å². The molecule has 2 saturated heterocycles. The van der Waals surface area contributed by atoms with Gasteiger partial charge >= 0.3 is 0 Å². The zero-order chi connectivity index (χ0) is 15.8. The maximum atomic E-state index is 13.1. The van der Waals surface area contributed by atoms with Gasteiger partial charge in [-0.15, -0.1) is 11.3 Å². The highest BCUT2D eigenvalue weighted by molar-refractivity contribution is 7.14. The first-order chi connectivity index (χ1) is 11.2. The number of fused-ring (bicyclic) bond motifs is 2. The Morgan fingerprint density at radius 3 is 2.83 bits per heavy atom. The lowest BCUT2D eigenvalue weighted by molar-refractivity contribution is 0.0753. The molecule has 2 aromatic rings. The van der Waals surface area contributed by atoms with Gasteiger partial charge < -0.3 is 10.2 Å². The summed E-state index contributed by atoms with van der Waals surface area (Å²) < 4.78 is 0. The molecule has 2 bridgehead atoms. The van der Waals surface area contributed by atoms with Crippen LogP contribution in [-0.2, 0) is 0 Å². The SMILES string of the molecule is Cc1nc(-c2ccccc2)c(C(=O)N2CCC3CCC(C2)N3)s1. The molecule has 1 aromatic carbocycles. The van der Waals surface area contributed by atoms with E-state index in [-0.39, 0.29) is 5.91 Å². The van der Waals surface area contributed by atoms with Crippen molar-refractivity contribution >= 4 is 17.2 Å². The fraction of sp³-hybridized carbons (Fsp3) is 0.444. The molecule has 1 amide bonds. The average molecular weight is 327 g/mol. The zero-order valence-electron chi connectivity index (χ0n) is 13.3. The summed E-state index contributed by atoms with van der Waals surface area (Å²) in [6.45, 7) is 3.64. The van der Waals surface area contributed by atoms with E-state index in [9.17, 15) is 4.79 Å². The minimum Gasteiger partial charge on any atom is -0.336 e. The zero-order valence-corrected chi connectivity index (χ0v) is 14.1. The number of amides is 1. The molecule has 0 radical (unpaired) electrons. The number of hydrogen-bond acceptors (Lipinski definition) is 4. The van der Waals surface area contributed by atoms with Crippen molar-refractivity contribution in [3.05, 3.63) is 40.2 Å². The molecule has 2 aliphatic heterocycles. The Labute approximate surface area is 140 Å². The van der Waals surface area contributed by atoms with E-state index < -0.39 is 0 Å². The molecule has 5 heteroatoms. The molecule has 2 unspecified atom stereocenters. The number of nitrogens with one attached hydrogen (secondary N) is 1. The molecule has 0 spiro atoms. The van der Waals surface area contributed by atoms with Crippen molar-refractivity contribution in [3.63, 3.8) is 0 Å². The van der Waals surface area contributed by atoms with Crippen LogP contribution >= 0.6 is 11.3 Å². The van der Waals surface area contributed by atoms with E-state index in [2.05, 4.69) is 10.3 Å². The van der Waals surface area contributed by atoms with Gasteiger partial charge in [-0.1, -0.05) is 30.3 Å². The van der Waals surface area contributed by atoms with Gasteiger partial charge in [0.1, 0.15) is 4.88 Å². The van der Waals surface area contributed by atoms with Gasteiger partial charge in [0, 0.05) is 30.7 Å². The lowest BCUT2D eigenvalue weighted by Crippen LogP contribution is -2.38. The molecule has 120 valence electrons. The van der Waals surface area contributed by atoms with E-state index in [4.69, 9.17) is 0 Å². The van der Waals surface area contributed by atoms with E-state index >= 15 is 0 Å². The summed E-state index contributed by atoms with van der Waals surface area (Å²) in [5.41, 5.74) is 1.86. The number of nitrogens with zero attached hydrogens (tertiary/aromatic N) is 2. The van der Waals surface area contributed by atoms with Crippen molar-refractivity contribution in [2.45, 2.75) is 38.3 Å². The lowest BCUT2D eigenvalue weighted by atomic mass is 10.1. The Hall–Kier alpha value is -1.72. The molecular weight excluding hydrogens is 306 g/mol. The number of benzene rings is 1. The Kier molecular flexibility index (Phi) is 3.91. The monoisotopic (exact) mass is 327 g/mol. The fourth-order valence-electron chi connectivity index (χ4n) is 3.63. The van der Waals surface area contributed by atoms with E-state index in [0.29, 0.717) is 12.1 Å². The van der Waals surface area contributed by atoms with Crippen LogP contribution in [0.5, 0.6) is 0 Å². The van der Waals surface area contributed by atoms with Crippen LogP contribution in [0.15, 0.2) is 30.3 Å². The first-order valence-corrected chi connectivity index (χ1v) is 9.10. The number of carbonyl (C=O) groups excluding carboxylic acids is 1. The minimum absolute atomic E-state index is 0.142. The van der Waals surface area contributed by atoms with Crippen molar-refractivity contribution in [3.8, 4) is 11.3 Å². The van der Waals surface area contributed by atoms with Crippen molar-refractivity contribution in [2.75, 3.05) is 13.1 Å². The number of hydrogen-bond donors (Lipinski definition) is 1. The van der Waals surface area contributed by atoms with E-state index in [0.717, 1.165) is 40.7 Å². The maximum Gasteiger partial charge on any atom is 0.266 e. The second kappa shape index (κ2) is 6.06.